The topological polar surface area (TPSA) is 58.6 Å². The third-order valence-corrected chi connectivity index (χ3v) is 7.79. The normalized spacial score (nSPS) is 14.2. The van der Waals surface area contributed by atoms with Crippen LogP contribution in [0.25, 0.3) is 0 Å². The summed E-state index contributed by atoms with van der Waals surface area (Å²) in [5, 5.41) is 5.26. The quantitative estimate of drug-likeness (QED) is 0.434. The van der Waals surface area contributed by atoms with Crippen molar-refractivity contribution in [2.24, 2.45) is 0 Å². The highest BCUT2D eigenvalue weighted by Gasteiger charge is 2.25. The second-order valence-corrected chi connectivity index (χ2v) is 9.91. The third-order valence-electron chi connectivity index (χ3n) is 5.61. The van der Waals surface area contributed by atoms with E-state index in [1.54, 1.807) is 23.1 Å². The van der Waals surface area contributed by atoms with Crippen LogP contribution in [0.3, 0.4) is 0 Å². The molecular weight excluding hydrogens is 452 g/mol. The average Bonchev–Trinajstić information content (AvgIpc) is 3.37. The van der Waals surface area contributed by atoms with Gasteiger partial charge in [0, 0.05) is 40.2 Å². The summed E-state index contributed by atoms with van der Waals surface area (Å²) in [6, 6.07) is 19.3. The molecule has 0 unspecified atom stereocenters. The highest BCUT2D eigenvalue weighted by Crippen LogP contribution is 2.28. The second-order valence-electron chi connectivity index (χ2n) is 7.86. The maximum absolute atomic E-state index is 13.0. The van der Waals surface area contributed by atoms with Crippen molar-refractivity contribution in [2.45, 2.75) is 36.5 Å². The van der Waals surface area contributed by atoms with Crippen molar-refractivity contribution in [3.63, 3.8) is 0 Å². The zero-order valence-corrected chi connectivity index (χ0v) is 20.3. The summed E-state index contributed by atoms with van der Waals surface area (Å²) < 4.78 is 5.45. The highest BCUT2D eigenvalue weighted by atomic mass is 32.2. The molecule has 1 N–H and O–H groups in total. The Morgan fingerprint density at radius 2 is 1.82 bits per heavy atom. The fraction of sp³-hybridized carbons (Fsp3) is 0.308. The summed E-state index contributed by atoms with van der Waals surface area (Å²) in [6.07, 6.45) is 1.50. The summed E-state index contributed by atoms with van der Waals surface area (Å²) in [5.41, 5.74) is 1.38. The van der Waals surface area contributed by atoms with Crippen LogP contribution in [0.5, 0.6) is 5.75 Å². The van der Waals surface area contributed by atoms with E-state index in [1.807, 2.05) is 66.4 Å². The fourth-order valence-corrected chi connectivity index (χ4v) is 5.68. The Balaban J connectivity index is 1.30. The zero-order valence-electron chi connectivity index (χ0n) is 18.7. The van der Waals surface area contributed by atoms with Crippen LogP contribution < -0.4 is 10.1 Å². The molecule has 0 saturated carbocycles. The lowest BCUT2D eigenvalue weighted by atomic mass is 10.0. The minimum absolute atomic E-state index is 0.0261. The minimum atomic E-state index is -0.0411. The highest BCUT2D eigenvalue weighted by molar-refractivity contribution is 7.98. The Hall–Kier alpha value is -2.77. The number of hydrogen-bond acceptors (Lipinski definition) is 5. The number of ether oxygens (including phenoxy) is 1. The Bertz CT molecular complexity index is 1060. The number of amides is 2. The van der Waals surface area contributed by atoms with Crippen LogP contribution in [0, 0.1) is 0 Å². The van der Waals surface area contributed by atoms with E-state index in [-0.39, 0.29) is 17.9 Å². The molecule has 172 valence electrons. The lowest BCUT2D eigenvalue weighted by molar-refractivity contribution is 0.0698. The van der Waals surface area contributed by atoms with Crippen LogP contribution in [0.15, 0.2) is 70.9 Å². The predicted octanol–water partition coefficient (Wildman–Crippen LogP) is 5.47. The maximum Gasteiger partial charge on any atom is 0.253 e. The lowest BCUT2D eigenvalue weighted by Crippen LogP contribution is -2.46. The predicted molar refractivity (Wildman–Crippen MR) is 134 cm³/mol. The average molecular weight is 481 g/mol. The molecule has 1 aromatic heterocycles. The van der Waals surface area contributed by atoms with Gasteiger partial charge in [-0.05, 0) is 67.6 Å². The van der Waals surface area contributed by atoms with Gasteiger partial charge in [0.25, 0.3) is 11.8 Å². The number of nitrogens with one attached hydrogen (secondary N) is 1. The molecule has 7 heteroatoms. The molecule has 33 heavy (non-hydrogen) atoms. The molecule has 2 aromatic carbocycles. The molecule has 2 amide bonds. The van der Waals surface area contributed by atoms with Gasteiger partial charge in [-0.3, -0.25) is 9.59 Å². The number of rotatable bonds is 8. The molecule has 0 radical (unpaired) electrons. The number of hydrogen-bond donors (Lipinski definition) is 1. The van der Waals surface area contributed by atoms with Crippen molar-refractivity contribution in [2.75, 3.05) is 19.7 Å². The first-order valence-corrected chi connectivity index (χ1v) is 13.1. The molecule has 0 aliphatic carbocycles. The van der Waals surface area contributed by atoms with Crippen LogP contribution in [-0.2, 0) is 5.75 Å². The monoisotopic (exact) mass is 480 g/mol. The number of carbonyl (C=O) groups excluding carboxylic acids is 2. The molecule has 5 nitrogen and oxygen atoms in total. The van der Waals surface area contributed by atoms with Crippen molar-refractivity contribution in [3.05, 3.63) is 82.0 Å². The van der Waals surface area contributed by atoms with Gasteiger partial charge in [0.05, 0.1) is 12.2 Å². The van der Waals surface area contributed by atoms with Gasteiger partial charge in [-0.2, -0.15) is 0 Å². The number of nitrogens with zero attached hydrogens (tertiary/aromatic N) is 1. The molecule has 1 aliphatic heterocycles. The van der Waals surface area contributed by atoms with Crippen LogP contribution in [0.4, 0.5) is 0 Å². The van der Waals surface area contributed by atoms with Crippen molar-refractivity contribution >= 4 is 34.9 Å². The van der Waals surface area contributed by atoms with Crippen LogP contribution in [0.1, 0.15) is 45.4 Å². The van der Waals surface area contributed by atoms with Gasteiger partial charge in [0.1, 0.15) is 5.75 Å². The van der Waals surface area contributed by atoms with Crippen LogP contribution in [0.2, 0.25) is 0 Å². The minimum Gasteiger partial charge on any atom is -0.494 e. The van der Waals surface area contributed by atoms with E-state index in [0.29, 0.717) is 30.8 Å². The summed E-state index contributed by atoms with van der Waals surface area (Å²) in [4.78, 5) is 30.0. The Morgan fingerprint density at radius 3 is 2.52 bits per heavy atom. The largest absolute Gasteiger partial charge is 0.494 e. The molecule has 3 aromatic rings. The van der Waals surface area contributed by atoms with E-state index in [9.17, 15) is 9.59 Å². The number of benzene rings is 2. The molecule has 0 spiro atoms. The molecular formula is C26H28N2O3S2. The smallest absolute Gasteiger partial charge is 0.253 e. The molecule has 1 aliphatic rings. The van der Waals surface area contributed by atoms with Crippen molar-refractivity contribution < 1.29 is 14.3 Å². The van der Waals surface area contributed by atoms with Gasteiger partial charge < -0.3 is 15.0 Å². The van der Waals surface area contributed by atoms with Gasteiger partial charge in [-0.1, -0.05) is 18.2 Å². The number of piperidine rings is 1. The van der Waals surface area contributed by atoms with Crippen LogP contribution in [-0.4, -0.2) is 42.5 Å². The van der Waals surface area contributed by atoms with Crippen molar-refractivity contribution in [1.82, 2.24) is 10.2 Å². The van der Waals surface area contributed by atoms with E-state index < -0.39 is 0 Å². The first kappa shape index (κ1) is 23.4. The van der Waals surface area contributed by atoms with Gasteiger partial charge in [0.15, 0.2) is 0 Å². The van der Waals surface area contributed by atoms with Crippen molar-refractivity contribution in [3.8, 4) is 5.75 Å². The van der Waals surface area contributed by atoms with Crippen molar-refractivity contribution in [1.29, 1.82) is 0 Å². The first-order chi connectivity index (χ1) is 16.1. The Labute approximate surface area is 203 Å². The Morgan fingerprint density at radius 1 is 1.06 bits per heavy atom. The van der Waals surface area contributed by atoms with Gasteiger partial charge in [0.2, 0.25) is 0 Å². The second kappa shape index (κ2) is 11.4. The molecule has 0 bridgehead atoms. The maximum atomic E-state index is 13.0. The molecule has 0 atom stereocenters. The number of thiophene rings is 1. The standard InChI is InChI=1S/C26H28N2O3S2/c1-2-31-21-11-9-19(10-12-21)26(30)28-15-13-20(14-16-28)27-25(29)23-7-3-4-8-24(23)33-18-22-6-5-17-32-22/h3-12,17,20H,2,13-16,18H2,1H3,(H,27,29). The number of likely N-dealkylation sites (tertiary alicyclic amines) is 1. The van der Waals surface area contributed by atoms with Gasteiger partial charge in [-0.25, -0.2) is 0 Å². The number of carbonyl (C=O) groups is 2. The molecule has 4 rings (SSSR count). The SMILES string of the molecule is CCOc1ccc(C(=O)N2CCC(NC(=O)c3ccccc3SCc3cccs3)CC2)cc1. The van der Waals surface area contributed by atoms with E-state index in [4.69, 9.17) is 4.74 Å². The first-order valence-electron chi connectivity index (χ1n) is 11.2. The Kier molecular flexibility index (Phi) is 8.07. The van der Waals surface area contributed by atoms with Gasteiger partial charge in [-0.15, -0.1) is 23.1 Å². The summed E-state index contributed by atoms with van der Waals surface area (Å²) in [7, 11) is 0. The van der Waals surface area contributed by atoms with E-state index in [1.165, 1.54) is 4.88 Å². The number of thioether (sulfide) groups is 1. The molecule has 1 saturated heterocycles. The van der Waals surface area contributed by atoms with E-state index >= 15 is 0 Å². The third kappa shape index (κ3) is 6.18. The fourth-order valence-electron chi connectivity index (χ4n) is 3.86. The summed E-state index contributed by atoms with van der Waals surface area (Å²) in [5.74, 6) is 1.61. The van der Waals surface area contributed by atoms with E-state index in [0.717, 1.165) is 29.2 Å². The zero-order chi connectivity index (χ0) is 23.0. The van der Waals surface area contributed by atoms with Gasteiger partial charge >= 0.3 is 0 Å². The summed E-state index contributed by atoms with van der Waals surface area (Å²) in [6.45, 7) is 3.80. The lowest BCUT2D eigenvalue weighted by Gasteiger charge is -2.32. The summed E-state index contributed by atoms with van der Waals surface area (Å²) >= 11 is 3.42. The van der Waals surface area contributed by atoms with E-state index in [2.05, 4.69) is 16.8 Å². The van der Waals surface area contributed by atoms with Crippen LogP contribution >= 0.6 is 23.1 Å². The molecule has 2 heterocycles. The molecule has 1 fully saturated rings.